The molecule has 4 rings (SSSR count). The van der Waals surface area contributed by atoms with Crippen LogP contribution in [0.3, 0.4) is 0 Å². The molecule has 0 radical (unpaired) electrons. The van der Waals surface area contributed by atoms with Gasteiger partial charge in [-0.3, -0.25) is 14.4 Å². The maximum atomic E-state index is 13.5. The molecule has 8 heteroatoms. The SMILES string of the molecule is CCCCOc1cccc(C(=O)N(CCn2cccn2)c2nc3c(Cl)cccc3s2)c1. The monoisotopic (exact) mass is 454 g/mol. The van der Waals surface area contributed by atoms with E-state index in [1.54, 1.807) is 34.0 Å². The van der Waals surface area contributed by atoms with Gasteiger partial charge in [0.15, 0.2) is 5.13 Å². The van der Waals surface area contributed by atoms with Gasteiger partial charge < -0.3 is 4.74 Å². The van der Waals surface area contributed by atoms with Gasteiger partial charge in [-0.2, -0.15) is 5.10 Å². The van der Waals surface area contributed by atoms with Crippen LogP contribution in [0.15, 0.2) is 60.9 Å². The van der Waals surface area contributed by atoms with E-state index in [9.17, 15) is 4.79 Å². The van der Waals surface area contributed by atoms with Crippen molar-refractivity contribution in [3.8, 4) is 5.75 Å². The molecule has 2 heterocycles. The predicted octanol–water partition coefficient (Wildman–Crippen LogP) is 5.67. The normalized spacial score (nSPS) is 11.0. The van der Waals surface area contributed by atoms with Crippen molar-refractivity contribution in [1.82, 2.24) is 14.8 Å². The summed E-state index contributed by atoms with van der Waals surface area (Å²) in [5, 5.41) is 5.43. The minimum absolute atomic E-state index is 0.136. The Morgan fingerprint density at radius 1 is 1.23 bits per heavy atom. The van der Waals surface area contributed by atoms with Crippen LogP contribution in [0.1, 0.15) is 30.1 Å². The molecule has 0 aliphatic rings. The predicted molar refractivity (Wildman–Crippen MR) is 125 cm³/mol. The van der Waals surface area contributed by atoms with Crippen LogP contribution in [-0.4, -0.2) is 33.8 Å². The molecule has 6 nitrogen and oxygen atoms in total. The summed E-state index contributed by atoms with van der Waals surface area (Å²) in [5.74, 6) is 0.557. The molecule has 0 unspecified atom stereocenters. The lowest BCUT2D eigenvalue weighted by Crippen LogP contribution is -2.34. The Morgan fingerprint density at radius 3 is 2.87 bits per heavy atom. The zero-order chi connectivity index (χ0) is 21.6. The molecular formula is C23H23ClN4O2S. The van der Waals surface area contributed by atoms with E-state index in [-0.39, 0.29) is 5.91 Å². The van der Waals surface area contributed by atoms with Gasteiger partial charge in [0.05, 0.1) is 22.9 Å². The van der Waals surface area contributed by atoms with Crippen molar-refractivity contribution >= 4 is 44.2 Å². The summed E-state index contributed by atoms with van der Waals surface area (Å²) in [7, 11) is 0. The summed E-state index contributed by atoms with van der Waals surface area (Å²) in [6.07, 6.45) is 5.63. The number of thiazole rings is 1. The molecule has 0 atom stereocenters. The molecule has 0 saturated heterocycles. The third-order valence-corrected chi connectivity index (χ3v) is 6.14. The van der Waals surface area contributed by atoms with E-state index in [1.807, 2.05) is 36.5 Å². The number of hydrogen-bond acceptors (Lipinski definition) is 5. The third-order valence-electron chi connectivity index (χ3n) is 4.79. The van der Waals surface area contributed by atoms with Gasteiger partial charge in [-0.15, -0.1) is 0 Å². The van der Waals surface area contributed by atoms with E-state index in [2.05, 4.69) is 17.0 Å². The Balaban J connectivity index is 1.63. The van der Waals surface area contributed by atoms with Gasteiger partial charge >= 0.3 is 0 Å². The van der Waals surface area contributed by atoms with Gasteiger partial charge in [-0.25, -0.2) is 4.98 Å². The number of para-hydroxylation sites is 1. The highest BCUT2D eigenvalue weighted by atomic mass is 35.5. The number of benzene rings is 2. The largest absolute Gasteiger partial charge is 0.494 e. The minimum Gasteiger partial charge on any atom is -0.494 e. The van der Waals surface area contributed by atoms with Gasteiger partial charge in [0.1, 0.15) is 11.3 Å². The van der Waals surface area contributed by atoms with Crippen LogP contribution in [0.2, 0.25) is 5.02 Å². The number of ether oxygens (including phenoxy) is 1. The summed E-state index contributed by atoms with van der Waals surface area (Å²) in [5.41, 5.74) is 1.26. The van der Waals surface area contributed by atoms with Crippen LogP contribution in [0.5, 0.6) is 5.75 Å². The summed E-state index contributed by atoms with van der Waals surface area (Å²) < 4.78 is 8.53. The van der Waals surface area contributed by atoms with Gasteiger partial charge in [0.2, 0.25) is 0 Å². The lowest BCUT2D eigenvalue weighted by Gasteiger charge is -2.20. The lowest BCUT2D eigenvalue weighted by atomic mass is 10.2. The van der Waals surface area contributed by atoms with Crippen molar-refractivity contribution in [2.24, 2.45) is 0 Å². The molecule has 0 N–H and O–H groups in total. The first-order valence-corrected chi connectivity index (χ1v) is 11.4. The number of anilines is 1. The van der Waals surface area contributed by atoms with Crippen molar-refractivity contribution < 1.29 is 9.53 Å². The molecule has 0 spiro atoms. The number of unbranched alkanes of at least 4 members (excludes halogenated alkanes) is 1. The van der Waals surface area contributed by atoms with Crippen molar-refractivity contribution in [3.63, 3.8) is 0 Å². The Kier molecular flexibility index (Phi) is 6.84. The zero-order valence-electron chi connectivity index (χ0n) is 17.2. The van der Waals surface area contributed by atoms with Crippen molar-refractivity contribution in [3.05, 3.63) is 71.5 Å². The summed E-state index contributed by atoms with van der Waals surface area (Å²) in [6, 6.07) is 14.8. The quantitative estimate of drug-likeness (QED) is 0.305. The van der Waals surface area contributed by atoms with Gasteiger partial charge in [0.25, 0.3) is 5.91 Å². The molecule has 1 amide bonds. The molecule has 4 aromatic rings. The van der Waals surface area contributed by atoms with Crippen molar-refractivity contribution in [2.75, 3.05) is 18.1 Å². The fraction of sp³-hybridized carbons (Fsp3) is 0.261. The molecule has 0 aliphatic heterocycles. The van der Waals surface area contributed by atoms with Crippen LogP contribution in [0.25, 0.3) is 10.2 Å². The van der Waals surface area contributed by atoms with Crippen LogP contribution in [0, 0.1) is 0 Å². The van der Waals surface area contributed by atoms with Crippen LogP contribution < -0.4 is 9.64 Å². The highest BCUT2D eigenvalue weighted by Crippen LogP contribution is 2.33. The lowest BCUT2D eigenvalue weighted by molar-refractivity contribution is 0.0985. The number of carbonyl (C=O) groups is 1. The summed E-state index contributed by atoms with van der Waals surface area (Å²) >= 11 is 7.77. The number of hydrogen-bond donors (Lipinski definition) is 0. The molecule has 0 bridgehead atoms. The molecule has 31 heavy (non-hydrogen) atoms. The Labute approximate surface area is 190 Å². The maximum absolute atomic E-state index is 13.5. The standard InChI is InChI=1S/C23H23ClN4O2S/c1-2-3-15-30-18-8-4-7-17(16-18)22(29)28(14-13-27-12-6-11-25-27)23-26-21-19(24)9-5-10-20(21)31-23/h4-12,16H,2-3,13-15H2,1H3. The highest BCUT2D eigenvalue weighted by molar-refractivity contribution is 7.22. The van der Waals surface area contributed by atoms with E-state index in [4.69, 9.17) is 16.3 Å². The topological polar surface area (TPSA) is 60.2 Å². The first kappa shape index (κ1) is 21.3. The molecule has 2 aromatic heterocycles. The van der Waals surface area contributed by atoms with Crippen LogP contribution in [0.4, 0.5) is 5.13 Å². The molecule has 0 fully saturated rings. The number of rotatable bonds is 9. The smallest absolute Gasteiger partial charge is 0.260 e. The fourth-order valence-corrected chi connectivity index (χ4v) is 4.44. The second kappa shape index (κ2) is 9.94. The van der Waals surface area contributed by atoms with Crippen LogP contribution in [-0.2, 0) is 6.54 Å². The first-order valence-electron chi connectivity index (χ1n) is 10.2. The van der Waals surface area contributed by atoms with E-state index in [1.165, 1.54) is 11.3 Å². The number of aromatic nitrogens is 3. The summed E-state index contributed by atoms with van der Waals surface area (Å²) in [4.78, 5) is 19.9. The number of fused-ring (bicyclic) bond motifs is 1. The van der Waals surface area contributed by atoms with Gasteiger partial charge in [0, 0.05) is 24.5 Å². The van der Waals surface area contributed by atoms with Gasteiger partial charge in [-0.05, 0) is 42.8 Å². The zero-order valence-corrected chi connectivity index (χ0v) is 18.8. The van der Waals surface area contributed by atoms with E-state index >= 15 is 0 Å². The Hall–Kier alpha value is -2.90. The molecule has 2 aromatic carbocycles. The fourth-order valence-electron chi connectivity index (χ4n) is 3.15. The third kappa shape index (κ3) is 5.06. The average Bonchev–Trinajstić information content (AvgIpc) is 3.45. The van der Waals surface area contributed by atoms with E-state index in [0.29, 0.717) is 46.7 Å². The Bertz CT molecular complexity index is 1160. The maximum Gasteiger partial charge on any atom is 0.260 e. The molecule has 0 aliphatic carbocycles. The number of carbonyl (C=O) groups excluding carboxylic acids is 1. The number of nitrogens with zero attached hydrogens (tertiary/aromatic N) is 4. The highest BCUT2D eigenvalue weighted by Gasteiger charge is 2.22. The number of amides is 1. The van der Waals surface area contributed by atoms with Crippen molar-refractivity contribution in [1.29, 1.82) is 0 Å². The second-order valence-electron chi connectivity index (χ2n) is 7.04. The van der Waals surface area contributed by atoms with Crippen molar-refractivity contribution in [2.45, 2.75) is 26.3 Å². The van der Waals surface area contributed by atoms with E-state index < -0.39 is 0 Å². The average molecular weight is 455 g/mol. The molecule has 160 valence electrons. The minimum atomic E-state index is -0.136. The van der Waals surface area contributed by atoms with Crippen LogP contribution >= 0.6 is 22.9 Å². The second-order valence-corrected chi connectivity index (χ2v) is 8.46. The Morgan fingerprint density at radius 2 is 2.10 bits per heavy atom. The van der Waals surface area contributed by atoms with E-state index in [0.717, 1.165) is 17.5 Å². The summed E-state index contributed by atoms with van der Waals surface area (Å²) in [6.45, 7) is 3.73. The molecular weight excluding hydrogens is 432 g/mol. The number of halogens is 1. The first-order chi connectivity index (χ1) is 15.2. The molecule has 0 saturated carbocycles. The van der Waals surface area contributed by atoms with Gasteiger partial charge in [-0.1, -0.05) is 48.4 Å².